The van der Waals surface area contributed by atoms with E-state index in [2.05, 4.69) is 0 Å². The van der Waals surface area contributed by atoms with Gasteiger partial charge >= 0.3 is 11.9 Å². The third-order valence-electron chi connectivity index (χ3n) is 3.67. The number of para-hydroxylation sites is 1. The average molecular weight is 357 g/mol. The molecule has 0 aliphatic carbocycles. The molecule has 0 unspecified atom stereocenters. The van der Waals surface area contributed by atoms with E-state index in [9.17, 15) is 19.7 Å². The van der Waals surface area contributed by atoms with E-state index >= 15 is 0 Å². The lowest BCUT2D eigenvalue weighted by Crippen LogP contribution is -2.14. The summed E-state index contributed by atoms with van der Waals surface area (Å²) in [6.07, 6.45) is 0.662. The average Bonchev–Trinajstić information content (AvgIpc) is 2.63. The molecule has 0 heterocycles. The first-order chi connectivity index (χ1) is 12.5. The van der Waals surface area contributed by atoms with Gasteiger partial charge in [0.2, 0.25) is 0 Å². The van der Waals surface area contributed by atoms with E-state index in [0.29, 0.717) is 12.0 Å². The standard InChI is InChI=1S/C19H19NO6/c1-3-11-25-18(21)15-9-4-5-10-16(15)19(22)26-12-14-8-6-7-13(2)17(14)20(23)24/h4-10H,3,11-12H2,1-2H3. The van der Waals surface area contributed by atoms with Gasteiger partial charge in [-0.1, -0.05) is 31.2 Å². The fraction of sp³-hybridized carbons (Fsp3) is 0.263. The Balaban J connectivity index is 2.18. The lowest BCUT2D eigenvalue weighted by atomic mass is 10.1. The molecule has 2 rings (SSSR count). The summed E-state index contributed by atoms with van der Waals surface area (Å²) >= 11 is 0. The molecule has 0 amide bonds. The van der Waals surface area contributed by atoms with Crippen LogP contribution in [0.5, 0.6) is 0 Å². The minimum absolute atomic E-state index is 0.0592. The zero-order valence-corrected chi connectivity index (χ0v) is 14.6. The Hall–Kier alpha value is -3.22. The molecule has 7 nitrogen and oxygen atoms in total. The smallest absolute Gasteiger partial charge is 0.339 e. The highest BCUT2D eigenvalue weighted by molar-refractivity contribution is 6.03. The van der Waals surface area contributed by atoms with Crippen molar-refractivity contribution in [2.24, 2.45) is 0 Å². The molecule has 0 radical (unpaired) electrons. The third kappa shape index (κ3) is 4.44. The van der Waals surface area contributed by atoms with Crippen molar-refractivity contribution >= 4 is 17.6 Å². The summed E-state index contributed by atoms with van der Waals surface area (Å²) in [4.78, 5) is 35.2. The van der Waals surface area contributed by atoms with Gasteiger partial charge in [0.15, 0.2) is 0 Å². The first-order valence-electron chi connectivity index (χ1n) is 8.11. The summed E-state index contributed by atoms with van der Waals surface area (Å²) < 4.78 is 10.3. The molecule has 0 N–H and O–H groups in total. The van der Waals surface area contributed by atoms with Crippen LogP contribution in [0.1, 0.15) is 45.2 Å². The Bertz CT molecular complexity index is 831. The van der Waals surface area contributed by atoms with E-state index in [-0.39, 0.29) is 35.6 Å². The number of nitrogens with zero attached hydrogens (tertiary/aromatic N) is 1. The van der Waals surface area contributed by atoms with Crippen molar-refractivity contribution in [2.45, 2.75) is 26.9 Å². The van der Waals surface area contributed by atoms with E-state index in [1.54, 1.807) is 31.2 Å². The Morgan fingerprint density at radius 2 is 1.62 bits per heavy atom. The highest BCUT2D eigenvalue weighted by atomic mass is 16.6. The van der Waals surface area contributed by atoms with Crippen LogP contribution in [0.3, 0.4) is 0 Å². The molecule has 136 valence electrons. The van der Waals surface area contributed by atoms with E-state index < -0.39 is 16.9 Å². The molecule has 0 aliphatic rings. The van der Waals surface area contributed by atoms with Crippen LogP contribution in [0.4, 0.5) is 5.69 Å². The second-order valence-corrected chi connectivity index (χ2v) is 5.60. The van der Waals surface area contributed by atoms with Gasteiger partial charge < -0.3 is 9.47 Å². The number of esters is 2. The van der Waals surface area contributed by atoms with Crippen LogP contribution in [-0.2, 0) is 16.1 Å². The quantitative estimate of drug-likeness (QED) is 0.424. The number of hydrogen-bond acceptors (Lipinski definition) is 6. The number of carbonyl (C=O) groups is 2. The number of aryl methyl sites for hydroxylation is 1. The van der Waals surface area contributed by atoms with E-state index in [1.807, 2.05) is 6.92 Å². The Morgan fingerprint density at radius 1 is 1.00 bits per heavy atom. The number of carbonyl (C=O) groups excluding carboxylic acids is 2. The summed E-state index contributed by atoms with van der Waals surface area (Å²) in [6.45, 7) is 3.46. The first kappa shape index (κ1) is 19.1. The molecular formula is C19H19NO6. The maximum atomic E-state index is 12.4. The molecule has 26 heavy (non-hydrogen) atoms. The molecule has 0 fully saturated rings. The number of ether oxygens (including phenoxy) is 2. The maximum Gasteiger partial charge on any atom is 0.339 e. The molecule has 0 atom stereocenters. The van der Waals surface area contributed by atoms with Crippen molar-refractivity contribution in [1.82, 2.24) is 0 Å². The highest BCUT2D eigenvalue weighted by Gasteiger charge is 2.21. The normalized spacial score (nSPS) is 10.2. The lowest BCUT2D eigenvalue weighted by molar-refractivity contribution is -0.386. The lowest BCUT2D eigenvalue weighted by Gasteiger charge is -2.10. The monoisotopic (exact) mass is 357 g/mol. The molecule has 2 aromatic carbocycles. The highest BCUT2D eigenvalue weighted by Crippen LogP contribution is 2.24. The van der Waals surface area contributed by atoms with Crippen LogP contribution in [0.2, 0.25) is 0 Å². The van der Waals surface area contributed by atoms with E-state index in [0.717, 1.165) is 0 Å². The number of nitro groups is 1. The zero-order valence-electron chi connectivity index (χ0n) is 14.6. The molecule has 0 aromatic heterocycles. The minimum Gasteiger partial charge on any atom is -0.462 e. The number of rotatable bonds is 7. The molecule has 0 bridgehead atoms. The largest absolute Gasteiger partial charge is 0.462 e. The Morgan fingerprint density at radius 3 is 2.19 bits per heavy atom. The van der Waals surface area contributed by atoms with Crippen LogP contribution in [0, 0.1) is 17.0 Å². The second-order valence-electron chi connectivity index (χ2n) is 5.60. The van der Waals surface area contributed by atoms with Gasteiger partial charge in [0.25, 0.3) is 5.69 Å². The van der Waals surface area contributed by atoms with E-state index in [1.165, 1.54) is 18.2 Å². The van der Waals surface area contributed by atoms with Crippen molar-refractivity contribution < 1.29 is 24.0 Å². The van der Waals surface area contributed by atoms with Gasteiger partial charge in [-0.15, -0.1) is 0 Å². The first-order valence-corrected chi connectivity index (χ1v) is 8.11. The van der Waals surface area contributed by atoms with Crippen LogP contribution in [0.15, 0.2) is 42.5 Å². The van der Waals surface area contributed by atoms with Crippen molar-refractivity contribution in [3.05, 3.63) is 74.8 Å². The fourth-order valence-corrected chi connectivity index (χ4v) is 2.43. The summed E-state index contributed by atoms with van der Waals surface area (Å²) in [5, 5.41) is 11.2. The van der Waals surface area contributed by atoms with Crippen molar-refractivity contribution in [1.29, 1.82) is 0 Å². The van der Waals surface area contributed by atoms with Crippen molar-refractivity contribution in [3.8, 4) is 0 Å². The zero-order chi connectivity index (χ0) is 19.1. The summed E-state index contributed by atoms with van der Waals surface area (Å²) in [5.74, 6) is -1.36. The Labute approximate surface area is 150 Å². The topological polar surface area (TPSA) is 95.7 Å². The van der Waals surface area contributed by atoms with Gasteiger partial charge in [-0.25, -0.2) is 9.59 Å². The predicted molar refractivity (Wildman–Crippen MR) is 94.0 cm³/mol. The second kappa shape index (κ2) is 8.75. The van der Waals surface area contributed by atoms with Crippen LogP contribution in [0.25, 0.3) is 0 Å². The van der Waals surface area contributed by atoms with Gasteiger partial charge in [0.1, 0.15) is 6.61 Å². The molecule has 0 saturated carbocycles. The van der Waals surface area contributed by atoms with Gasteiger partial charge in [-0.3, -0.25) is 10.1 Å². The minimum atomic E-state index is -0.746. The molecule has 0 saturated heterocycles. The fourth-order valence-electron chi connectivity index (χ4n) is 2.43. The van der Waals surface area contributed by atoms with Gasteiger partial charge in [-0.2, -0.15) is 0 Å². The molecule has 7 heteroatoms. The number of nitro benzene ring substituents is 1. The number of hydrogen-bond donors (Lipinski definition) is 0. The van der Waals surface area contributed by atoms with Crippen molar-refractivity contribution in [2.75, 3.05) is 6.61 Å². The van der Waals surface area contributed by atoms with Crippen LogP contribution >= 0.6 is 0 Å². The van der Waals surface area contributed by atoms with Gasteiger partial charge in [-0.05, 0) is 31.5 Å². The summed E-state index contributed by atoms with van der Waals surface area (Å²) in [6, 6.07) is 10.9. The molecule has 0 aliphatic heterocycles. The van der Waals surface area contributed by atoms with Crippen molar-refractivity contribution in [3.63, 3.8) is 0 Å². The SMILES string of the molecule is CCCOC(=O)c1ccccc1C(=O)OCc1cccc(C)c1[N+](=O)[O-]. The Kier molecular flexibility index (Phi) is 6.43. The van der Waals surface area contributed by atoms with Crippen LogP contribution in [-0.4, -0.2) is 23.5 Å². The number of benzene rings is 2. The molecular weight excluding hydrogens is 338 g/mol. The van der Waals surface area contributed by atoms with E-state index in [4.69, 9.17) is 9.47 Å². The van der Waals surface area contributed by atoms with Gasteiger partial charge in [0.05, 0.1) is 28.2 Å². The predicted octanol–water partition coefficient (Wildman–Crippen LogP) is 3.83. The van der Waals surface area contributed by atoms with Gasteiger partial charge in [0, 0.05) is 5.56 Å². The molecule has 0 spiro atoms. The maximum absolute atomic E-state index is 12.4. The summed E-state index contributed by atoms with van der Waals surface area (Å²) in [5.41, 5.74) is 0.839. The summed E-state index contributed by atoms with van der Waals surface area (Å²) in [7, 11) is 0. The molecule has 2 aromatic rings. The third-order valence-corrected chi connectivity index (χ3v) is 3.67. The van der Waals surface area contributed by atoms with Crippen LogP contribution < -0.4 is 0 Å².